The molecular formula is C12H22Na2O4. The number of aliphatic carboxylic acids is 2. The Hall–Kier alpha value is 0.940. The largest absolute Gasteiger partial charge is 0.481 e. The van der Waals surface area contributed by atoms with Crippen LogP contribution in [0.5, 0.6) is 0 Å². The molecule has 0 spiro atoms. The molecule has 0 unspecified atom stereocenters. The summed E-state index contributed by atoms with van der Waals surface area (Å²) in [6.45, 7) is 0. The van der Waals surface area contributed by atoms with Gasteiger partial charge in [-0.05, 0) is 12.8 Å². The monoisotopic (exact) mass is 276 g/mol. The molecule has 2 radical (unpaired) electrons. The van der Waals surface area contributed by atoms with E-state index in [4.69, 9.17) is 10.2 Å². The van der Waals surface area contributed by atoms with Gasteiger partial charge in [0.15, 0.2) is 0 Å². The first-order valence-electron chi connectivity index (χ1n) is 6.06. The molecule has 4 nitrogen and oxygen atoms in total. The molecule has 0 aliphatic rings. The molecule has 0 atom stereocenters. The van der Waals surface area contributed by atoms with E-state index in [1.54, 1.807) is 0 Å². The number of hydrogen-bond donors (Lipinski definition) is 2. The van der Waals surface area contributed by atoms with Crippen LogP contribution in [0.25, 0.3) is 0 Å². The second-order valence-corrected chi connectivity index (χ2v) is 4.12. The summed E-state index contributed by atoms with van der Waals surface area (Å²) in [6, 6.07) is 0. The van der Waals surface area contributed by atoms with Gasteiger partial charge in [0.05, 0.1) is 0 Å². The van der Waals surface area contributed by atoms with Crippen LogP contribution in [-0.2, 0) is 9.59 Å². The topological polar surface area (TPSA) is 74.6 Å². The quantitative estimate of drug-likeness (QED) is 0.448. The van der Waals surface area contributed by atoms with Crippen molar-refractivity contribution < 1.29 is 19.8 Å². The number of carboxylic acid groups (broad SMARTS) is 2. The molecule has 0 amide bonds. The molecule has 2 N–H and O–H groups in total. The van der Waals surface area contributed by atoms with Crippen molar-refractivity contribution in [3.05, 3.63) is 0 Å². The first-order chi connectivity index (χ1) is 7.63. The van der Waals surface area contributed by atoms with E-state index in [0.717, 1.165) is 51.4 Å². The zero-order valence-corrected chi connectivity index (χ0v) is 15.8. The molecule has 0 heterocycles. The van der Waals surface area contributed by atoms with Gasteiger partial charge < -0.3 is 10.2 Å². The van der Waals surface area contributed by atoms with E-state index in [1.165, 1.54) is 0 Å². The first kappa shape index (κ1) is 24.0. The Morgan fingerprint density at radius 3 is 1.00 bits per heavy atom. The number of hydrogen-bond acceptors (Lipinski definition) is 2. The molecule has 6 heteroatoms. The van der Waals surface area contributed by atoms with Crippen LogP contribution in [0.4, 0.5) is 0 Å². The van der Waals surface area contributed by atoms with Crippen LogP contribution in [0.3, 0.4) is 0 Å². The maximum atomic E-state index is 10.2. The molecule has 0 saturated heterocycles. The minimum Gasteiger partial charge on any atom is -0.481 e. The number of carbonyl (C=O) groups is 2. The van der Waals surface area contributed by atoms with Crippen LogP contribution in [0.1, 0.15) is 64.2 Å². The summed E-state index contributed by atoms with van der Waals surface area (Å²) in [7, 11) is 0. The molecule has 0 bridgehead atoms. The van der Waals surface area contributed by atoms with Crippen molar-refractivity contribution in [1.82, 2.24) is 0 Å². The van der Waals surface area contributed by atoms with Crippen molar-refractivity contribution >= 4 is 71.1 Å². The Morgan fingerprint density at radius 2 is 0.778 bits per heavy atom. The third-order valence-corrected chi connectivity index (χ3v) is 2.53. The average molecular weight is 276 g/mol. The van der Waals surface area contributed by atoms with Crippen molar-refractivity contribution in [2.45, 2.75) is 64.2 Å². The van der Waals surface area contributed by atoms with Gasteiger partial charge in [0, 0.05) is 72.0 Å². The molecule has 0 rings (SSSR count). The summed E-state index contributed by atoms with van der Waals surface area (Å²) in [5, 5.41) is 16.8. The van der Waals surface area contributed by atoms with E-state index in [2.05, 4.69) is 0 Å². The molecule has 0 saturated carbocycles. The normalized spacial score (nSPS) is 9.11. The zero-order valence-electron chi connectivity index (χ0n) is 11.8. The minimum atomic E-state index is -0.714. The Bertz CT molecular complexity index is 188. The second-order valence-electron chi connectivity index (χ2n) is 4.12. The van der Waals surface area contributed by atoms with Gasteiger partial charge >= 0.3 is 11.9 Å². The van der Waals surface area contributed by atoms with Gasteiger partial charge in [-0.1, -0.05) is 38.5 Å². The van der Waals surface area contributed by atoms with Gasteiger partial charge in [-0.25, -0.2) is 0 Å². The average Bonchev–Trinajstić information content (AvgIpc) is 2.20. The Labute approximate surface area is 153 Å². The molecule has 0 aliphatic carbocycles. The molecule has 0 aromatic heterocycles. The van der Waals surface area contributed by atoms with Gasteiger partial charge in [-0.3, -0.25) is 9.59 Å². The molecule has 0 fully saturated rings. The summed E-state index contributed by atoms with van der Waals surface area (Å²) in [4.78, 5) is 20.4. The third-order valence-electron chi connectivity index (χ3n) is 2.53. The summed E-state index contributed by atoms with van der Waals surface area (Å²) in [5.41, 5.74) is 0. The summed E-state index contributed by atoms with van der Waals surface area (Å²) < 4.78 is 0. The van der Waals surface area contributed by atoms with E-state index in [1.807, 2.05) is 0 Å². The summed E-state index contributed by atoms with van der Waals surface area (Å²) in [5.74, 6) is -1.43. The van der Waals surface area contributed by atoms with Gasteiger partial charge in [0.25, 0.3) is 0 Å². The van der Waals surface area contributed by atoms with Crippen LogP contribution >= 0.6 is 0 Å². The third kappa shape index (κ3) is 22.1. The zero-order chi connectivity index (χ0) is 12.2. The van der Waals surface area contributed by atoms with Crippen LogP contribution in [0, 0.1) is 0 Å². The van der Waals surface area contributed by atoms with Gasteiger partial charge in [0.1, 0.15) is 0 Å². The van der Waals surface area contributed by atoms with Gasteiger partial charge in [-0.15, -0.1) is 0 Å². The van der Waals surface area contributed by atoms with Crippen molar-refractivity contribution in [3.8, 4) is 0 Å². The van der Waals surface area contributed by atoms with Crippen molar-refractivity contribution in [3.63, 3.8) is 0 Å². The minimum absolute atomic E-state index is 0. The van der Waals surface area contributed by atoms with Crippen molar-refractivity contribution in [2.24, 2.45) is 0 Å². The van der Waals surface area contributed by atoms with E-state index in [0.29, 0.717) is 0 Å². The molecule has 18 heavy (non-hydrogen) atoms. The maximum Gasteiger partial charge on any atom is 0.303 e. The standard InChI is InChI=1S/C12H22O4.2Na/c13-11(14)9-7-5-3-1-2-4-6-8-10-12(15)16;;/h1-10H2,(H,13,14)(H,15,16);;. The van der Waals surface area contributed by atoms with Gasteiger partial charge in [0.2, 0.25) is 0 Å². The Morgan fingerprint density at radius 1 is 0.556 bits per heavy atom. The fraction of sp³-hybridized carbons (Fsp3) is 0.833. The fourth-order valence-corrected chi connectivity index (χ4v) is 1.61. The van der Waals surface area contributed by atoms with Crippen LogP contribution in [0.15, 0.2) is 0 Å². The number of carboxylic acids is 2. The van der Waals surface area contributed by atoms with E-state index in [-0.39, 0.29) is 72.0 Å². The van der Waals surface area contributed by atoms with Crippen LogP contribution in [0.2, 0.25) is 0 Å². The van der Waals surface area contributed by atoms with E-state index >= 15 is 0 Å². The predicted molar refractivity (Wildman–Crippen MR) is 72.9 cm³/mol. The smallest absolute Gasteiger partial charge is 0.303 e. The van der Waals surface area contributed by atoms with Crippen molar-refractivity contribution in [2.75, 3.05) is 0 Å². The SMILES string of the molecule is O=C(O)CCCCCCCCCCC(=O)O.[Na].[Na]. The number of unbranched alkanes of at least 4 members (excludes halogenated alkanes) is 7. The first-order valence-corrected chi connectivity index (χ1v) is 6.06. The van der Waals surface area contributed by atoms with Gasteiger partial charge in [-0.2, -0.15) is 0 Å². The van der Waals surface area contributed by atoms with Crippen LogP contribution < -0.4 is 0 Å². The molecule has 0 aromatic carbocycles. The summed E-state index contributed by atoms with van der Waals surface area (Å²) >= 11 is 0. The summed E-state index contributed by atoms with van der Waals surface area (Å²) in [6.07, 6.45) is 8.51. The van der Waals surface area contributed by atoms with E-state index < -0.39 is 11.9 Å². The molecule has 96 valence electrons. The van der Waals surface area contributed by atoms with Crippen molar-refractivity contribution in [1.29, 1.82) is 0 Å². The fourth-order valence-electron chi connectivity index (χ4n) is 1.61. The second kappa shape index (κ2) is 17.9. The Kier molecular flexibility index (Phi) is 23.9. The Balaban J connectivity index is -0.00000112. The van der Waals surface area contributed by atoms with E-state index in [9.17, 15) is 9.59 Å². The molecule has 0 aromatic rings. The maximum absolute atomic E-state index is 10.2. The molecule has 0 aliphatic heterocycles. The van der Waals surface area contributed by atoms with Crippen LogP contribution in [-0.4, -0.2) is 81.3 Å². The predicted octanol–water partition coefficient (Wildman–Crippen LogP) is 2.29. The molecular weight excluding hydrogens is 254 g/mol. The number of rotatable bonds is 11.